The number of aromatic nitrogens is 3. The summed E-state index contributed by atoms with van der Waals surface area (Å²) in [5, 5.41) is 3.95. The van der Waals surface area contributed by atoms with Crippen molar-refractivity contribution in [1.82, 2.24) is 15.0 Å². The Morgan fingerprint density at radius 3 is 2.90 bits per heavy atom. The lowest BCUT2D eigenvalue weighted by atomic mass is 10.1. The lowest BCUT2D eigenvalue weighted by Gasteiger charge is -2.09. The fourth-order valence-corrected chi connectivity index (χ4v) is 2.19. The number of hydrogen-bond acceptors (Lipinski definition) is 4. The van der Waals surface area contributed by atoms with Crippen molar-refractivity contribution < 1.29 is 4.39 Å². The van der Waals surface area contributed by atoms with Crippen LogP contribution >= 0.6 is 0 Å². The number of nitrogens with zero attached hydrogens (tertiary/aromatic N) is 3. The molecule has 5 heteroatoms. The van der Waals surface area contributed by atoms with Crippen LogP contribution in [0.1, 0.15) is 13.3 Å². The molecular weight excluding hydrogens is 267 g/mol. The molecule has 0 radical (unpaired) electrons. The highest BCUT2D eigenvalue weighted by Crippen LogP contribution is 2.28. The molecule has 0 spiro atoms. The number of rotatable bonds is 4. The van der Waals surface area contributed by atoms with Gasteiger partial charge in [-0.2, -0.15) is 0 Å². The topological polar surface area (TPSA) is 50.7 Å². The number of hydrogen-bond donors (Lipinski definition) is 1. The summed E-state index contributed by atoms with van der Waals surface area (Å²) in [7, 11) is 0. The van der Waals surface area contributed by atoms with Crippen LogP contribution in [0.15, 0.2) is 42.7 Å². The Hall–Kier alpha value is -2.56. The molecule has 2 aromatic heterocycles. The predicted octanol–water partition coefficient (Wildman–Crippen LogP) is 3.65. The first kappa shape index (κ1) is 13.4. The van der Waals surface area contributed by atoms with Crippen molar-refractivity contribution in [2.45, 2.75) is 13.3 Å². The van der Waals surface area contributed by atoms with E-state index in [0.717, 1.165) is 29.4 Å². The maximum Gasteiger partial charge on any atom is 0.223 e. The Morgan fingerprint density at radius 2 is 2.05 bits per heavy atom. The van der Waals surface area contributed by atoms with Crippen molar-refractivity contribution in [3.63, 3.8) is 0 Å². The van der Waals surface area contributed by atoms with Gasteiger partial charge in [0.2, 0.25) is 5.95 Å². The summed E-state index contributed by atoms with van der Waals surface area (Å²) >= 11 is 0. The van der Waals surface area contributed by atoms with Gasteiger partial charge in [0.05, 0.1) is 11.7 Å². The number of nitrogens with one attached hydrogen (secondary N) is 1. The standard InChI is InChI=1S/C16H15FN4/c1-2-8-19-16-20-10-13(17)15(21-16)12-5-3-7-14-11(12)6-4-9-18-14/h3-7,9-10H,2,8H2,1H3,(H,19,20,21). The van der Waals surface area contributed by atoms with E-state index in [2.05, 4.69) is 20.3 Å². The van der Waals surface area contributed by atoms with Gasteiger partial charge in [-0.1, -0.05) is 25.1 Å². The van der Waals surface area contributed by atoms with Gasteiger partial charge < -0.3 is 5.32 Å². The average molecular weight is 282 g/mol. The third-order valence-corrected chi connectivity index (χ3v) is 3.18. The summed E-state index contributed by atoms with van der Waals surface area (Å²) in [4.78, 5) is 12.6. The monoisotopic (exact) mass is 282 g/mol. The van der Waals surface area contributed by atoms with E-state index in [0.29, 0.717) is 11.6 Å². The quantitative estimate of drug-likeness (QED) is 0.793. The molecule has 3 rings (SSSR count). The maximum absolute atomic E-state index is 14.1. The molecule has 1 aromatic carbocycles. The number of pyridine rings is 1. The first-order valence-corrected chi connectivity index (χ1v) is 6.90. The van der Waals surface area contributed by atoms with Crippen LogP contribution < -0.4 is 5.32 Å². The molecule has 21 heavy (non-hydrogen) atoms. The fourth-order valence-electron chi connectivity index (χ4n) is 2.19. The van der Waals surface area contributed by atoms with E-state index in [4.69, 9.17) is 0 Å². The van der Waals surface area contributed by atoms with E-state index >= 15 is 0 Å². The van der Waals surface area contributed by atoms with Gasteiger partial charge in [0, 0.05) is 23.7 Å². The number of fused-ring (bicyclic) bond motifs is 1. The second-order valence-electron chi connectivity index (χ2n) is 4.69. The zero-order valence-corrected chi connectivity index (χ0v) is 11.7. The summed E-state index contributed by atoms with van der Waals surface area (Å²) in [5.74, 6) is 0.00236. The SMILES string of the molecule is CCCNc1ncc(F)c(-c2cccc3ncccc23)n1. The van der Waals surface area contributed by atoms with Crippen LogP contribution in [-0.2, 0) is 0 Å². The first-order valence-electron chi connectivity index (χ1n) is 6.90. The summed E-state index contributed by atoms with van der Waals surface area (Å²) < 4.78 is 14.1. The second-order valence-corrected chi connectivity index (χ2v) is 4.69. The highest BCUT2D eigenvalue weighted by Gasteiger charge is 2.12. The van der Waals surface area contributed by atoms with Crippen LogP contribution in [0.4, 0.5) is 10.3 Å². The molecule has 1 N–H and O–H groups in total. The normalized spacial score (nSPS) is 10.8. The molecule has 0 saturated carbocycles. The van der Waals surface area contributed by atoms with Gasteiger partial charge in [0.1, 0.15) is 5.69 Å². The zero-order valence-electron chi connectivity index (χ0n) is 11.7. The minimum absolute atomic E-state index is 0.294. The van der Waals surface area contributed by atoms with Crippen molar-refractivity contribution in [3.05, 3.63) is 48.5 Å². The first-order chi connectivity index (χ1) is 10.3. The van der Waals surface area contributed by atoms with Crippen LogP contribution in [0.2, 0.25) is 0 Å². The average Bonchev–Trinajstić information content (AvgIpc) is 2.54. The van der Waals surface area contributed by atoms with E-state index in [1.165, 1.54) is 6.20 Å². The number of benzene rings is 1. The van der Waals surface area contributed by atoms with Crippen molar-refractivity contribution >= 4 is 16.9 Å². The van der Waals surface area contributed by atoms with Crippen LogP contribution in [0.25, 0.3) is 22.2 Å². The van der Waals surface area contributed by atoms with Crippen LogP contribution in [0.5, 0.6) is 0 Å². The van der Waals surface area contributed by atoms with E-state index in [1.54, 1.807) is 6.20 Å². The van der Waals surface area contributed by atoms with E-state index < -0.39 is 5.82 Å². The summed E-state index contributed by atoms with van der Waals surface area (Å²) in [6.07, 6.45) is 3.88. The highest BCUT2D eigenvalue weighted by atomic mass is 19.1. The molecule has 106 valence electrons. The van der Waals surface area contributed by atoms with Gasteiger partial charge in [-0.05, 0) is 18.6 Å². The molecule has 0 aliphatic rings. The molecule has 0 unspecified atom stereocenters. The van der Waals surface area contributed by atoms with Gasteiger partial charge in [-0.3, -0.25) is 4.98 Å². The van der Waals surface area contributed by atoms with Crippen molar-refractivity contribution in [1.29, 1.82) is 0 Å². The minimum atomic E-state index is -0.437. The number of halogens is 1. The molecule has 0 fully saturated rings. The summed E-state index contributed by atoms with van der Waals surface area (Å²) in [6.45, 7) is 2.80. The van der Waals surface area contributed by atoms with E-state index in [-0.39, 0.29) is 0 Å². The van der Waals surface area contributed by atoms with Crippen molar-refractivity contribution in [2.75, 3.05) is 11.9 Å². The van der Waals surface area contributed by atoms with Crippen molar-refractivity contribution in [3.8, 4) is 11.3 Å². The molecule has 3 aromatic rings. The maximum atomic E-state index is 14.1. The largest absolute Gasteiger partial charge is 0.354 e. The Bertz CT molecular complexity index is 768. The van der Waals surface area contributed by atoms with Crippen LogP contribution in [0.3, 0.4) is 0 Å². The second kappa shape index (κ2) is 5.83. The van der Waals surface area contributed by atoms with Crippen molar-refractivity contribution in [2.24, 2.45) is 0 Å². The molecule has 4 nitrogen and oxygen atoms in total. The Kier molecular flexibility index (Phi) is 3.73. The number of anilines is 1. The third kappa shape index (κ3) is 2.67. The minimum Gasteiger partial charge on any atom is -0.354 e. The third-order valence-electron chi connectivity index (χ3n) is 3.18. The smallest absolute Gasteiger partial charge is 0.223 e. The Morgan fingerprint density at radius 1 is 1.14 bits per heavy atom. The summed E-state index contributed by atoms with van der Waals surface area (Å²) in [6, 6.07) is 9.35. The van der Waals surface area contributed by atoms with Gasteiger partial charge in [-0.25, -0.2) is 14.4 Å². The zero-order chi connectivity index (χ0) is 14.7. The lowest BCUT2D eigenvalue weighted by Crippen LogP contribution is -2.06. The molecule has 0 bridgehead atoms. The fraction of sp³-hybridized carbons (Fsp3) is 0.188. The molecule has 0 amide bonds. The molecule has 0 aliphatic carbocycles. The molecule has 0 aliphatic heterocycles. The van der Waals surface area contributed by atoms with E-state index in [9.17, 15) is 4.39 Å². The highest BCUT2D eigenvalue weighted by molar-refractivity contribution is 5.93. The van der Waals surface area contributed by atoms with Crippen LogP contribution in [0, 0.1) is 5.82 Å². The van der Waals surface area contributed by atoms with Gasteiger partial charge >= 0.3 is 0 Å². The van der Waals surface area contributed by atoms with Gasteiger partial charge in [0.25, 0.3) is 0 Å². The predicted molar refractivity (Wildman–Crippen MR) is 81.5 cm³/mol. The lowest BCUT2D eigenvalue weighted by molar-refractivity contribution is 0.618. The Balaban J connectivity index is 2.13. The van der Waals surface area contributed by atoms with Gasteiger partial charge in [0.15, 0.2) is 5.82 Å². The Labute approximate surface area is 122 Å². The van der Waals surface area contributed by atoms with Gasteiger partial charge in [-0.15, -0.1) is 0 Å². The van der Waals surface area contributed by atoms with E-state index in [1.807, 2.05) is 37.3 Å². The van der Waals surface area contributed by atoms with Crippen LogP contribution in [-0.4, -0.2) is 21.5 Å². The molecule has 2 heterocycles. The molecule has 0 atom stereocenters. The molecule has 0 saturated heterocycles. The summed E-state index contributed by atoms with van der Waals surface area (Å²) in [5.41, 5.74) is 1.83. The molecular formula is C16H15FN4.